The number of aliphatic hydroxyl groups excluding tert-OH is 1. The van der Waals surface area contributed by atoms with Crippen molar-refractivity contribution in [2.45, 2.75) is 19.4 Å². The lowest BCUT2D eigenvalue weighted by atomic mass is 10.1. The van der Waals surface area contributed by atoms with Crippen LogP contribution < -0.4 is 5.43 Å². The van der Waals surface area contributed by atoms with Gasteiger partial charge in [-0.15, -0.1) is 0 Å². The van der Waals surface area contributed by atoms with E-state index in [0.29, 0.717) is 11.8 Å². The van der Waals surface area contributed by atoms with Crippen molar-refractivity contribution in [1.82, 2.24) is 4.57 Å². The van der Waals surface area contributed by atoms with Gasteiger partial charge in [0.05, 0.1) is 11.6 Å². The first-order valence-corrected chi connectivity index (χ1v) is 5.48. The summed E-state index contributed by atoms with van der Waals surface area (Å²) in [7, 11) is 1.84. The molecule has 1 atom stereocenters. The number of hydrogen-bond donors (Lipinski definition) is 2. The molecule has 1 heterocycles. The number of rotatable bonds is 2. The Balaban J connectivity index is 2.72. The molecule has 2 aromatic rings. The molecule has 0 saturated heterocycles. The Morgan fingerprint density at radius 1 is 1.35 bits per heavy atom. The molecule has 1 aromatic carbocycles. The first kappa shape index (κ1) is 11.7. The minimum atomic E-state index is -0.491. The van der Waals surface area contributed by atoms with Gasteiger partial charge in [0, 0.05) is 30.6 Å². The van der Waals surface area contributed by atoms with Crippen molar-refractivity contribution >= 4 is 10.9 Å². The van der Waals surface area contributed by atoms with Crippen molar-refractivity contribution in [3.05, 3.63) is 40.2 Å². The fourth-order valence-electron chi connectivity index (χ4n) is 1.99. The Morgan fingerprint density at radius 2 is 2.06 bits per heavy atom. The summed E-state index contributed by atoms with van der Waals surface area (Å²) in [6.07, 6.45) is -0.0575. The number of aromatic hydroxyl groups is 1. The van der Waals surface area contributed by atoms with Crippen LogP contribution in [-0.2, 0) is 13.5 Å². The van der Waals surface area contributed by atoms with Gasteiger partial charge in [-0.05, 0) is 25.1 Å². The molecule has 4 nitrogen and oxygen atoms in total. The lowest BCUT2D eigenvalue weighted by Crippen LogP contribution is -2.16. The number of phenolic OH excluding ortho intramolecular Hbond substituents is 1. The molecule has 0 aliphatic rings. The number of fused-ring (bicyclic) bond motifs is 1. The molecule has 90 valence electrons. The van der Waals surface area contributed by atoms with Crippen LogP contribution in [-0.4, -0.2) is 20.9 Å². The van der Waals surface area contributed by atoms with E-state index in [9.17, 15) is 15.0 Å². The molecule has 1 aromatic heterocycles. The maximum atomic E-state index is 11.9. The zero-order chi connectivity index (χ0) is 12.6. The van der Waals surface area contributed by atoms with Crippen LogP contribution in [0.4, 0.5) is 0 Å². The standard InChI is InChI=1S/C13H15NO3/c1-8(15)5-9-6-13(17)11-7-10(16)3-4-12(11)14(9)2/h3-4,6-8,15-16H,5H2,1-2H3/t8-/m0/s1. The number of aliphatic hydroxyl groups is 1. The number of aromatic nitrogens is 1. The summed E-state index contributed by atoms with van der Waals surface area (Å²) < 4.78 is 1.86. The Hall–Kier alpha value is -1.81. The number of nitrogens with zero attached hydrogens (tertiary/aromatic N) is 1. The summed E-state index contributed by atoms with van der Waals surface area (Å²) >= 11 is 0. The zero-order valence-electron chi connectivity index (χ0n) is 9.84. The van der Waals surface area contributed by atoms with Gasteiger partial charge in [-0.1, -0.05) is 0 Å². The molecule has 0 fully saturated rings. The van der Waals surface area contributed by atoms with E-state index in [4.69, 9.17) is 0 Å². The highest BCUT2D eigenvalue weighted by Gasteiger charge is 2.08. The molecule has 17 heavy (non-hydrogen) atoms. The molecule has 4 heteroatoms. The first-order valence-electron chi connectivity index (χ1n) is 5.48. The van der Waals surface area contributed by atoms with Gasteiger partial charge in [0.2, 0.25) is 0 Å². The van der Waals surface area contributed by atoms with Gasteiger partial charge >= 0.3 is 0 Å². The highest BCUT2D eigenvalue weighted by atomic mass is 16.3. The summed E-state index contributed by atoms with van der Waals surface area (Å²) in [6.45, 7) is 1.69. The third kappa shape index (κ3) is 2.17. The summed E-state index contributed by atoms with van der Waals surface area (Å²) in [6, 6.07) is 6.23. The van der Waals surface area contributed by atoms with Crippen molar-refractivity contribution in [3.63, 3.8) is 0 Å². The second kappa shape index (κ2) is 4.22. The van der Waals surface area contributed by atoms with Crippen LogP contribution in [0, 0.1) is 0 Å². The zero-order valence-corrected chi connectivity index (χ0v) is 9.84. The Morgan fingerprint density at radius 3 is 2.71 bits per heavy atom. The van der Waals surface area contributed by atoms with Crippen LogP contribution in [0.5, 0.6) is 5.75 Å². The van der Waals surface area contributed by atoms with Gasteiger partial charge in [0.25, 0.3) is 0 Å². The molecular formula is C13H15NO3. The number of pyridine rings is 1. The van der Waals surface area contributed by atoms with E-state index >= 15 is 0 Å². The van der Waals surface area contributed by atoms with E-state index in [0.717, 1.165) is 11.2 Å². The Labute approximate surface area is 98.8 Å². The van der Waals surface area contributed by atoms with E-state index in [1.807, 2.05) is 11.6 Å². The quantitative estimate of drug-likeness (QED) is 0.818. The third-order valence-electron chi connectivity index (χ3n) is 2.84. The molecule has 0 aliphatic carbocycles. The summed E-state index contributed by atoms with van der Waals surface area (Å²) in [4.78, 5) is 11.9. The number of phenols is 1. The van der Waals surface area contributed by atoms with Gasteiger partial charge in [-0.3, -0.25) is 4.79 Å². The average Bonchev–Trinajstić information content (AvgIpc) is 2.25. The lowest BCUT2D eigenvalue weighted by Gasteiger charge is -2.13. The van der Waals surface area contributed by atoms with Crippen LogP contribution >= 0.6 is 0 Å². The largest absolute Gasteiger partial charge is 0.508 e. The molecule has 0 saturated carbocycles. The van der Waals surface area contributed by atoms with E-state index < -0.39 is 6.10 Å². The highest BCUT2D eigenvalue weighted by molar-refractivity contribution is 5.80. The fraction of sp³-hybridized carbons (Fsp3) is 0.308. The second-order valence-electron chi connectivity index (χ2n) is 4.31. The molecule has 0 bridgehead atoms. The maximum Gasteiger partial charge on any atom is 0.189 e. The minimum Gasteiger partial charge on any atom is -0.508 e. The fourth-order valence-corrected chi connectivity index (χ4v) is 1.99. The molecule has 2 N–H and O–H groups in total. The predicted octanol–water partition coefficient (Wildman–Crippen LogP) is 1.17. The van der Waals surface area contributed by atoms with Crippen LogP contribution in [0.25, 0.3) is 10.9 Å². The predicted molar refractivity (Wildman–Crippen MR) is 66.2 cm³/mol. The van der Waals surface area contributed by atoms with Crippen molar-refractivity contribution < 1.29 is 10.2 Å². The maximum absolute atomic E-state index is 11.9. The topological polar surface area (TPSA) is 62.5 Å². The molecule has 0 spiro atoms. The SMILES string of the molecule is C[C@H](O)Cc1cc(=O)c2cc(O)ccc2n1C. The van der Waals surface area contributed by atoms with Crippen LogP contribution in [0.15, 0.2) is 29.1 Å². The Bertz CT molecular complexity index is 614. The van der Waals surface area contributed by atoms with E-state index in [1.54, 1.807) is 19.1 Å². The van der Waals surface area contributed by atoms with Gasteiger partial charge in [-0.25, -0.2) is 0 Å². The van der Waals surface area contributed by atoms with E-state index in [-0.39, 0.29) is 11.2 Å². The van der Waals surface area contributed by atoms with Gasteiger partial charge < -0.3 is 14.8 Å². The molecule has 0 amide bonds. The second-order valence-corrected chi connectivity index (χ2v) is 4.31. The van der Waals surface area contributed by atoms with Crippen molar-refractivity contribution in [2.75, 3.05) is 0 Å². The van der Waals surface area contributed by atoms with E-state index in [2.05, 4.69) is 0 Å². The van der Waals surface area contributed by atoms with Crippen molar-refractivity contribution in [2.24, 2.45) is 7.05 Å². The lowest BCUT2D eigenvalue weighted by molar-refractivity contribution is 0.193. The van der Waals surface area contributed by atoms with Gasteiger partial charge in [0.1, 0.15) is 5.75 Å². The summed E-state index contributed by atoms with van der Waals surface area (Å²) in [5, 5.41) is 19.2. The number of hydrogen-bond acceptors (Lipinski definition) is 3. The smallest absolute Gasteiger partial charge is 0.189 e. The summed E-state index contributed by atoms with van der Waals surface area (Å²) in [5.74, 6) is 0.0814. The minimum absolute atomic E-state index is 0.0814. The average molecular weight is 233 g/mol. The van der Waals surface area contributed by atoms with E-state index in [1.165, 1.54) is 12.1 Å². The van der Waals surface area contributed by atoms with Crippen LogP contribution in [0.3, 0.4) is 0 Å². The molecule has 0 aliphatic heterocycles. The summed E-state index contributed by atoms with van der Waals surface area (Å²) in [5.41, 5.74) is 1.40. The van der Waals surface area contributed by atoms with Crippen LogP contribution in [0.1, 0.15) is 12.6 Å². The molecular weight excluding hydrogens is 218 g/mol. The molecule has 0 radical (unpaired) electrons. The molecule has 2 rings (SSSR count). The third-order valence-corrected chi connectivity index (χ3v) is 2.84. The Kier molecular flexibility index (Phi) is 2.90. The van der Waals surface area contributed by atoms with Crippen molar-refractivity contribution in [3.8, 4) is 5.75 Å². The first-order chi connectivity index (χ1) is 7.99. The normalized spacial score (nSPS) is 12.9. The van der Waals surface area contributed by atoms with Gasteiger partial charge in [-0.2, -0.15) is 0 Å². The number of benzene rings is 1. The van der Waals surface area contributed by atoms with Gasteiger partial charge in [0.15, 0.2) is 5.43 Å². The van der Waals surface area contributed by atoms with Crippen LogP contribution in [0.2, 0.25) is 0 Å². The molecule has 0 unspecified atom stereocenters. The number of aryl methyl sites for hydroxylation is 1. The monoisotopic (exact) mass is 233 g/mol. The highest BCUT2D eigenvalue weighted by Crippen LogP contribution is 2.18. The van der Waals surface area contributed by atoms with Crippen molar-refractivity contribution in [1.29, 1.82) is 0 Å².